The van der Waals surface area contributed by atoms with Crippen LogP contribution in [0.15, 0.2) is 0 Å². The molecule has 0 aromatic rings. The molecule has 1 unspecified atom stereocenters. The van der Waals surface area contributed by atoms with Crippen LogP contribution in [0.1, 0.15) is 0 Å². The molecular formula is H2BMoNiP. The van der Waals surface area contributed by atoms with Crippen molar-refractivity contribution >= 4 is 16.7 Å². The third-order valence-corrected chi connectivity index (χ3v) is 0. The molecule has 0 aliphatic rings. The minimum atomic E-state index is 0. The summed E-state index contributed by atoms with van der Waals surface area (Å²) in [4.78, 5) is 0. The van der Waals surface area contributed by atoms with Gasteiger partial charge < -0.3 is 0 Å². The van der Waals surface area contributed by atoms with Gasteiger partial charge in [-0.3, -0.25) is 0 Å². The van der Waals surface area contributed by atoms with Crippen molar-refractivity contribution in [1.82, 2.24) is 0 Å². The molecule has 0 nitrogen and oxygen atoms in total. The Morgan fingerprint density at radius 2 is 1.25 bits per heavy atom. The fraction of sp³-hybridized carbons (Fsp3) is 0. The first-order valence-electron chi connectivity index (χ1n) is 0.333. The topological polar surface area (TPSA) is 0 Å². The second kappa shape index (κ2) is 22.5. The average Bonchev–Trinajstić information content (AvgIpc) is 1.00. The molecule has 1 atom stereocenters. The molecule has 26 valence electrons. The van der Waals surface area contributed by atoms with Crippen LogP contribution in [0.2, 0.25) is 0 Å². The minimum Gasteiger partial charge on any atom is -0.187 e. The summed E-state index contributed by atoms with van der Waals surface area (Å²) >= 11 is 0. The molecule has 0 bridgehead atoms. The third-order valence-electron chi connectivity index (χ3n) is 0. The zero-order valence-corrected chi connectivity index (χ0v) is 6.03. The van der Waals surface area contributed by atoms with Gasteiger partial charge in [0.25, 0.3) is 0 Å². The summed E-state index contributed by atoms with van der Waals surface area (Å²) in [5.74, 6) is 0. The van der Waals surface area contributed by atoms with Gasteiger partial charge in [-0.05, 0) is 0 Å². The van der Waals surface area contributed by atoms with Crippen molar-refractivity contribution in [3.05, 3.63) is 0 Å². The molecule has 4 heteroatoms. The quantitative estimate of drug-likeness (QED) is 0.378. The molecule has 0 rings (SSSR count). The van der Waals surface area contributed by atoms with Crippen LogP contribution in [-0.2, 0) is 37.6 Å². The van der Waals surface area contributed by atoms with Crippen LogP contribution in [0.5, 0.6) is 0 Å². The fourth-order valence-electron chi connectivity index (χ4n) is 0. The molecule has 0 fully saturated rings. The zero-order chi connectivity index (χ0) is 2.00. The van der Waals surface area contributed by atoms with Gasteiger partial charge in [0.15, 0.2) is 0 Å². The van der Waals surface area contributed by atoms with E-state index < -0.39 is 0 Å². The second-order valence-corrected chi connectivity index (χ2v) is 0. The van der Waals surface area contributed by atoms with Crippen molar-refractivity contribution in [1.29, 1.82) is 0 Å². The fourth-order valence-corrected chi connectivity index (χ4v) is 0. The SMILES string of the molecule is [B]P.[Mo].[Ni]. The Hall–Kier alpha value is 1.68. The van der Waals surface area contributed by atoms with E-state index in [-0.39, 0.29) is 37.6 Å². The van der Waals surface area contributed by atoms with Gasteiger partial charge in [-0.2, -0.15) is 9.12 Å². The second-order valence-electron chi connectivity index (χ2n) is 0. The molecule has 0 aliphatic heterocycles. The first-order chi connectivity index (χ1) is 1.00. The van der Waals surface area contributed by atoms with E-state index in [1.54, 1.807) is 0 Å². The third kappa shape index (κ3) is 9.37. The summed E-state index contributed by atoms with van der Waals surface area (Å²) in [5, 5.41) is 0. The first kappa shape index (κ1) is 17.3. The van der Waals surface area contributed by atoms with E-state index in [1.165, 1.54) is 0 Å². The summed E-state index contributed by atoms with van der Waals surface area (Å²) in [6.07, 6.45) is 0. The summed E-state index contributed by atoms with van der Waals surface area (Å²) in [7, 11) is 6.33. The van der Waals surface area contributed by atoms with Crippen LogP contribution in [0.3, 0.4) is 0 Å². The summed E-state index contributed by atoms with van der Waals surface area (Å²) in [6, 6.07) is 0. The predicted octanol–water partition coefficient (Wildman–Crippen LogP) is -0.0600. The number of rotatable bonds is 0. The van der Waals surface area contributed by atoms with Crippen LogP contribution in [0, 0.1) is 0 Å². The van der Waals surface area contributed by atoms with E-state index in [0.717, 1.165) is 0 Å². The van der Waals surface area contributed by atoms with Gasteiger partial charge in [-0.1, -0.05) is 0 Å². The first-order valence-corrected chi connectivity index (χ1v) is 1.00. The molecule has 4 heavy (non-hydrogen) atoms. The molecule has 0 saturated heterocycles. The van der Waals surface area contributed by atoms with Crippen molar-refractivity contribution in [3.8, 4) is 0 Å². The van der Waals surface area contributed by atoms with Gasteiger partial charge in [0.05, 0.1) is 7.57 Å². The molecule has 2 radical (unpaired) electrons. The molecule has 0 amide bonds. The van der Waals surface area contributed by atoms with Crippen LogP contribution in [-0.4, -0.2) is 7.57 Å². The molecule has 0 spiro atoms. The predicted molar refractivity (Wildman–Crippen MR) is 15.5 cm³/mol. The smallest absolute Gasteiger partial charge is 0.0996 e. The van der Waals surface area contributed by atoms with E-state index in [4.69, 9.17) is 0 Å². The van der Waals surface area contributed by atoms with E-state index in [1.807, 2.05) is 9.12 Å². The molecule has 0 aromatic heterocycles. The largest absolute Gasteiger partial charge is 0.187 e. The Bertz CT molecular complexity index is 8.00. The van der Waals surface area contributed by atoms with Crippen LogP contribution in [0.4, 0.5) is 0 Å². The van der Waals surface area contributed by atoms with E-state index in [9.17, 15) is 0 Å². The van der Waals surface area contributed by atoms with Crippen molar-refractivity contribution in [2.45, 2.75) is 0 Å². The van der Waals surface area contributed by atoms with Gasteiger partial charge in [-0.15, -0.1) is 0 Å². The van der Waals surface area contributed by atoms with E-state index in [0.29, 0.717) is 0 Å². The summed E-state index contributed by atoms with van der Waals surface area (Å²) < 4.78 is 0. The molecule has 0 saturated carbocycles. The van der Waals surface area contributed by atoms with Crippen molar-refractivity contribution < 1.29 is 37.6 Å². The number of hydrogen-bond donors (Lipinski definition) is 0. The number of hydrogen-bond acceptors (Lipinski definition) is 0. The molecular weight excluding hydrogens is 196 g/mol. The Morgan fingerprint density at radius 3 is 1.25 bits per heavy atom. The van der Waals surface area contributed by atoms with Gasteiger partial charge in [-0.25, -0.2) is 0 Å². The van der Waals surface area contributed by atoms with E-state index >= 15 is 0 Å². The summed E-state index contributed by atoms with van der Waals surface area (Å²) in [6.45, 7) is 0. The minimum absolute atomic E-state index is 0. The molecule has 0 aromatic carbocycles. The standard InChI is InChI=1S/BH2P.Mo.Ni/c1-2;;/h2H2;;. The van der Waals surface area contributed by atoms with Crippen molar-refractivity contribution in [2.75, 3.05) is 0 Å². The maximum atomic E-state index is 4.42. The van der Waals surface area contributed by atoms with Crippen LogP contribution >= 0.6 is 9.12 Å². The maximum absolute atomic E-state index is 4.42. The Morgan fingerprint density at radius 1 is 1.25 bits per heavy atom. The van der Waals surface area contributed by atoms with Crippen molar-refractivity contribution in [3.63, 3.8) is 0 Å². The van der Waals surface area contributed by atoms with Gasteiger partial charge in [0, 0.05) is 37.6 Å². The normalized spacial score (nSPS) is 1.25. The Balaban J connectivity index is -0.00000000500. The van der Waals surface area contributed by atoms with Crippen molar-refractivity contribution in [2.24, 2.45) is 0 Å². The van der Waals surface area contributed by atoms with Crippen LogP contribution < -0.4 is 0 Å². The average molecular weight is 198 g/mol. The molecule has 0 heterocycles. The zero-order valence-electron chi connectivity index (χ0n) is 1.88. The Kier molecular flexibility index (Phi) is 97.4. The van der Waals surface area contributed by atoms with Crippen LogP contribution in [0.25, 0.3) is 0 Å². The maximum Gasteiger partial charge on any atom is 0.0996 e. The van der Waals surface area contributed by atoms with Gasteiger partial charge >= 0.3 is 0 Å². The monoisotopic (exact) mass is 200 g/mol. The Labute approximate surface area is 54.2 Å². The van der Waals surface area contributed by atoms with Gasteiger partial charge in [0.1, 0.15) is 0 Å². The molecule has 0 aliphatic carbocycles. The molecule has 0 N–H and O–H groups in total. The summed E-state index contributed by atoms with van der Waals surface area (Å²) in [5.41, 5.74) is 0. The van der Waals surface area contributed by atoms with Gasteiger partial charge in [0.2, 0.25) is 0 Å². The van der Waals surface area contributed by atoms with E-state index in [2.05, 4.69) is 7.57 Å².